The van der Waals surface area contributed by atoms with Gasteiger partial charge in [0.05, 0.1) is 6.54 Å². The molecule has 2 amide bonds. The van der Waals surface area contributed by atoms with Crippen LogP contribution in [0.25, 0.3) is 0 Å². The molecule has 5 heteroatoms. The molecule has 0 spiro atoms. The molecule has 1 saturated carbocycles. The minimum absolute atomic E-state index is 0.0706. The van der Waals surface area contributed by atoms with E-state index in [9.17, 15) is 9.59 Å². The molecule has 2 atom stereocenters. The number of hydrogen-bond acceptors (Lipinski definition) is 3. The number of nitrogens with one attached hydrogen (secondary N) is 1. The van der Waals surface area contributed by atoms with Crippen molar-refractivity contribution in [2.45, 2.75) is 57.4 Å². The molecule has 2 aliphatic heterocycles. The van der Waals surface area contributed by atoms with Crippen LogP contribution >= 0.6 is 0 Å². The predicted molar refractivity (Wildman–Crippen MR) is 103 cm³/mol. The Bertz CT molecular complexity index is 656. The Balaban J connectivity index is 1.33. The lowest BCUT2D eigenvalue weighted by Crippen LogP contribution is -2.49. The van der Waals surface area contributed by atoms with Gasteiger partial charge in [0.2, 0.25) is 11.8 Å². The van der Waals surface area contributed by atoms with Gasteiger partial charge in [0.25, 0.3) is 0 Å². The van der Waals surface area contributed by atoms with Gasteiger partial charge >= 0.3 is 0 Å². The van der Waals surface area contributed by atoms with Crippen molar-refractivity contribution < 1.29 is 9.59 Å². The number of hydrogen-bond donors (Lipinski definition) is 1. The molecule has 0 radical (unpaired) electrons. The highest BCUT2D eigenvalue weighted by Gasteiger charge is 2.33. The lowest BCUT2D eigenvalue weighted by molar-refractivity contribution is -0.119. The monoisotopic (exact) mass is 355 g/mol. The van der Waals surface area contributed by atoms with Crippen molar-refractivity contribution in [1.82, 2.24) is 4.90 Å². The highest BCUT2D eigenvalue weighted by atomic mass is 16.2. The molecule has 1 aromatic carbocycles. The standard InChI is InChI=1S/C21H29N3O2/c25-20(15-23-13-3-6-16-5-1-2-7-19(16)23)22-17-9-11-18(12-10-17)24-14-4-8-21(24)26/h9-12,16,19H,1-8,13-15H2,(H,22,25)/t16-,19+/m1/s1. The van der Waals surface area contributed by atoms with Gasteiger partial charge in [-0.15, -0.1) is 0 Å². The van der Waals surface area contributed by atoms with Gasteiger partial charge in [0, 0.05) is 30.4 Å². The molecule has 0 unspecified atom stereocenters. The van der Waals surface area contributed by atoms with Crippen LogP contribution in [0.4, 0.5) is 11.4 Å². The van der Waals surface area contributed by atoms with Crippen LogP contribution in [0.15, 0.2) is 24.3 Å². The van der Waals surface area contributed by atoms with Crippen molar-refractivity contribution in [1.29, 1.82) is 0 Å². The van der Waals surface area contributed by atoms with Gasteiger partial charge in [0.1, 0.15) is 0 Å². The molecule has 5 nitrogen and oxygen atoms in total. The van der Waals surface area contributed by atoms with Crippen LogP contribution in [-0.4, -0.2) is 42.4 Å². The molecular formula is C21H29N3O2. The molecule has 4 rings (SSSR count). The third-order valence-corrected chi connectivity index (χ3v) is 6.24. The summed E-state index contributed by atoms with van der Waals surface area (Å²) < 4.78 is 0. The lowest BCUT2D eigenvalue weighted by atomic mass is 9.78. The molecular weight excluding hydrogens is 326 g/mol. The molecule has 2 heterocycles. The first kappa shape index (κ1) is 17.5. The number of piperidine rings is 1. The van der Waals surface area contributed by atoms with Crippen LogP contribution in [0.2, 0.25) is 0 Å². The maximum Gasteiger partial charge on any atom is 0.238 e. The first-order valence-electron chi connectivity index (χ1n) is 10.1. The summed E-state index contributed by atoms with van der Waals surface area (Å²) in [6.07, 6.45) is 9.34. The number of benzene rings is 1. The number of likely N-dealkylation sites (tertiary alicyclic amines) is 1. The first-order valence-corrected chi connectivity index (χ1v) is 10.1. The van der Waals surface area contributed by atoms with E-state index in [1.807, 2.05) is 29.2 Å². The summed E-state index contributed by atoms with van der Waals surface area (Å²) in [5, 5.41) is 3.03. The molecule has 0 aromatic heterocycles. The van der Waals surface area contributed by atoms with E-state index >= 15 is 0 Å². The third kappa shape index (κ3) is 3.78. The largest absolute Gasteiger partial charge is 0.325 e. The number of anilines is 2. The molecule has 1 aliphatic carbocycles. The van der Waals surface area contributed by atoms with Crippen LogP contribution in [0.1, 0.15) is 51.4 Å². The van der Waals surface area contributed by atoms with Crippen molar-refractivity contribution >= 4 is 23.2 Å². The van der Waals surface area contributed by atoms with Gasteiger partial charge in [-0.3, -0.25) is 14.5 Å². The van der Waals surface area contributed by atoms with E-state index in [0.29, 0.717) is 19.0 Å². The highest BCUT2D eigenvalue weighted by molar-refractivity contribution is 5.96. The van der Waals surface area contributed by atoms with Crippen LogP contribution in [-0.2, 0) is 9.59 Å². The summed E-state index contributed by atoms with van der Waals surface area (Å²) in [5.41, 5.74) is 1.73. The Morgan fingerprint density at radius 3 is 2.54 bits per heavy atom. The van der Waals surface area contributed by atoms with Gasteiger partial charge in [0.15, 0.2) is 0 Å². The van der Waals surface area contributed by atoms with Crippen molar-refractivity contribution in [2.75, 3.05) is 29.9 Å². The van der Waals surface area contributed by atoms with Gasteiger partial charge in [-0.2, -0.15) is 0 Å². The number of fused-ring (bicyclic) bond motifs is 1. The summed E-state index contributed by atoms with van der Waals surface area (Å²) in [4.78, 5) is 28.6. The second kappa shape index (κ2) is 7.78. The molecule has 140 valence electrons. The zero-order valence-electron chi connectivity index (χ0n) is 15.5. The fraction of sp³-hybridized carbons (Fsp3) is 0.619. The Hall–Kier alpha value is -1.88. The number of amides is 2. The minimum atomic E-state index is 0.0706. The minimum Gasteiger partial charge on any atom is -0.325 e. The second-order valence-corrected chi connectivity index (χ2v) is 7.97. The zero-order chi connectivity index (χ0) is 17.9. The highest BCUT2D eigenvalue weighted by Crippen LogP contribution is 2.35. The van der Waals surface area contributed by atoms with Crippen molar-refractivity contribution in [3.05, 3.63) is 24.3 Å². The molecule has 3 fully saturated rings. The average molecular weight is 355 g/mol. The Morgan fingerprint density at radius 2 is 1.77 bits per heavy atom. The van der Waals surface area contributed by atoms with Gasteiger partial charge in [-0.1, -0.05) is 12.8 Å². The summed E-state index contributed by atoms with van der Waals surface area (Å²) in [6, 6.07) is 8.26. The van der Waals surface area contributed by atoms with Crippen LogP contribution < -0.4 is 10.2 Å². The van der Waals surface area contributed by atoms with Crippen molar-refractivity contribution in [3.63, 3.8) is 0 Å². The maximum absolute atomic E-state index is 12.5. The number of carbonyl (C=O) groups excluding carboxylic acids is 2. The van der Waals surface area contributed by atoms with Gasteiger partial charge in [-0.05, 0) is 68.8 Å². The Morgan fingerprint density at radius 1 is 1.00 bits per heavy atom. The SMILES string of the molecule is O=C(CN1CCC[C@H]2CCCC[C@@H]21)Nc1ccc(N2CCCC2=O)cc1. The molecule has 1 aromatic rings. The topological polar surface area (TPSA) is 52.7 Å². The van der Waals surface area contributed by atoms with E-state index in [-0.39, 0.29) is 11.8 Å². The maximum atomic E-state index is 12.5. The van der Waals surface area contributed by atoms with E-state index in [0.717, 1.165) is 36.8 Å². The van der Waals surface area contributed by atoms with E-state index in [1.165, 1.54) is 38.5 Å². The van der Waals surface area contributed by atoms with Crippen molar-refractivity contribution in [3.8, 4) is 0 Å². The van der Waals surface area contributed by atoms with E-state index in [1.54, 1.807) is 0 Å². The smallest absolute Gasteiger partial charge is 0.238 e. The quantitative estimate of drug-likeness (QED) is 0.900. The molecule has 1 N–H and O–H groups in total. The lowest BCUT2D eigenvalue weighted by Gasteiger charge is -2.43. The van der Waals surface area contributed by atoms with Crippen LogP contribution in [0.5, 0.6) is 0 Å². The number of carbonyl (C=O) groups is 2. The van der Waals surface area contributed by atoms with Gasteiger partial charge in [-0.25, -0.2) is 0 Å². The Labute approximate surface area is 155 Å². The molecule has 2 saturated heterocycles. The third-order valence-electron chi connectivity index (χ3n) is 6.24. The molecule has 0 bridgehead atoms. The predicted octanol–water partition coefficient (Wildman–Crippen LogP) is 3.41. The molecule has 26 heavy (non-hydrogen) atoms. The van der Waals surface area contributed by atoms with E-state index in [4.69, 9.17) is 0 Å². The zero-order valence-corrected chi connectivity index (χ0v) is 15.5. The van der Waals surface area contributed by atoms with Crippen molar-refractivity contribution in [2.24, 2.45) is 5.92 Å². The second-order valence-electron chi connectivity index (χ2n) is 7.97. The van der Waals surface area contributed by atoms with Gasteiger partial charge < -0.3 is 10.2 Å². The van der Waals surface area contributed by atoms with Crippen LogP contribution in [0, 0.1) is 5.92 Å². The fourth-order valence-corrected chi connectivity index (χ4v) is 4.96. The first-order chi connectivity index (χ1) is 12.7. The average Bonchev–Trinajstić information content (AvgIpc) is 3.09. The summed E-state index contributed by atoms with van der Waals surface area (Å²) in [5.74, 6) is 1.05. The van der Waals surface area contributed by atoms with E-state index < -0.39 is 0 Å². The number of nitrogens with zero attached hydrogens (tertiary/aromatic N) is 2. The summed E-state index contributed by atoms with van der Waals surface area (Å²) >= 11 is 0. The summed E-state index contributed by atoms with van der Waals surface area (Å²) in [6.45, 7) is 2.33. The molecule has 3 aliphatic rings. The van der Waals surface area contributed by atoms with Crippen LogP contribution in [0.3, 0.4) is 0 Å². The fourth-order valence-electron chi connectivity index (χ4n) is 4.96. The normalized spacial score (nSPS) is 26.6. The Kier molecular flexibility index (Phi) is 5.25. The van der Waals surface area contributed by atoms with E-state index in [2.05, 4.69) is 10.2 Å². The summed E-state index contributed by atoms with van der Waals surface area (Å²) in [7, 11) is 0. The number of rotatable bonds is 4.